The van der Waals surface area contributed by atoms with Gasteiger partial charge in [0.1, 0.15) is 0 Å². The second-order valence-electron chi connectivity index (χ2n) is 4.55. The predicted molar refractivity (Wildman–Crippen MR) is 54.1 cm³/mol. The third-order valence-corrected chi connectivity index (χ3v) is 3.22. The van der Waals surface area contributed by atoms with Crippen molar-refractivity contribution in [1.82, 2.24) is 0 Å². The van der Waals surface area contributed by atoms with Crippen LogP contribution in [0.1, 0.15) is 52.4 Å². The number of hydrogen-bond donors (Lipinski definition) is 0. The minimum Gasteiger partial charge on any atom is -0.478 e. The maximum absolute atomic E-state index is 5.56. The highest BCUT2D eigenvalue weighted by Crippen LogP contribution is 2.38. The largest absolute Gasteiger partial charge is 0.478 e. The molecule has 2 aliphatic rings. The molecule has 1 atom stereocenters. The van der Waals surface area contributed by atoms with Crippen LogP contribution < -0.4 is 0 Å². The highest BCUT2D eigenvalue weighted by molar-refractivity contribution is 5.74. The van der Waals surface area contributed by atoms with Crippen molar-refractivity contribution in [3.63, 3.8) is 0 Å². The van der Waals surface area contributed by atoms with Crippen molar-refractivity contribution in [3.8, 4) is 0 Å². The van der Waals surface area contributed by atoms with Gasteiger partial charge in [0, 0.05) is 13.3 Å². The number of rotatable bonds is 0. The third kappa shape index (κ3) is 1.87. The summed E-state index contributed by atoms with van der Waals surface area (Å²) in [5, 5.41) is 0. The number of hydrogen-bond acceptors (Lipinski definition) is 2. The van der Waals surface area contributed by atoms with Crippen molar-refractivity contribution in [1.29, 1.82) is 0 Å². The molecule has 0 amide bonds. The molecule has 2 rings (SSSR count). The molecule has 1 aliphatic carbocycles. The SMILES string of the molecule is CC1=NC2(CCCCC2)CC(C)O1. The summed E-state index contributed by atoms with van der Waals surface area (Å²) in [6.07, 6.45) is 8.15. The molecule has 1 spiro atoms. The summed E-state index contributed by atoms with van der Waals surface area (Å²) in [5.41, 5.74) is 0.264. The first-order valence-corrected chi connectivity index (χ1v) is 5.43. The van der Waals surface area contributed by atoms with Crippen molar-refractivity contribution in [2.75, 3.05) is 0 Å². The molecular formula is C11H19NO. The van der Waals surface area contributed by atoms with Crippen molar-refractivity contribution >= 4 is 5.90 Å². The van der Waals surface area contributed by atoms with Crippen LogP contribution in [-0.2, 0) is 4.74 Å². The van der Waals surface area contributed by atoms with Crippen molar-refractivity contribution in [3.05, 3.63) is 0 Å². The van der Waals surface area contributed by atoms with Gasteiger partial charge in [-0.3, -0.25) is 0 Å². The van der Waals surface area contributed by atoms with Crippen LogP contribution in [0.2, 0.25) is 0 Å². The molecule has 1 heterocycles. The van der Waals surface area contributed by atoms with Gasteiger partial charge in [-0.05, 0) is 19.8 Å². The second kappa shape index (κ2) is 3.32. The Morgan fingerprint density at radius 1 is 1.31 bits per heavy atom. The van der Waals surface area contributed by atoms with E-state index in [0.717, 1.165) is 12.3 Å². The van der Waals surface area contributed by atoms with Crippen LogP contribution in [-0.4, -0.2) is 17.5 Å². The lowest BCUT2D eigenvalue weighted by Gasteiger charge is -2.39. The van der Waals surface area contributed by atoms with Crippen LogP contribution >= 0.6 is 0 Å². The van der Waals surface area contributed by atoms with Crippen LogP contribution in [0.15, 0.2) is 4.99 Å². The molecule has 1 fully saturated rings. The molecule has 0 saturated heterocycles. The van der Waals surface area contributed by atoms with Crippen LogP contribution in [0, 0.1) is 0 Å². The van der Waals surface area contributed by atoms with Gasteiger partial charge >= 0.3 is 0 Å². The molecule has 1 unspecified atom stereocenters. The van der Waals surface area contributed by atoms with E-state index >= 15 is 0 Å². The van der Waals surface area contributed by atoms with Crippen molar-refractivity contribution in [2.45, 2.75) is 64.0 Å². The fourth-order valence-electron chi connectivity index (χ4n) is 2.80. The molecule has 0 radical (unpaired) electrons. The topological polar surface area (TPSA) is 21.6 Å². The normalized spacial score (nSPS) is 32.5. The number of aliphatic imine (C=N–C) groups is 1. The van der Waals surface area contributed by atoms with E-state index in [1.807, 2.05) is 6.92 Å². The van der Waals surface area contributed by atoms with Gasteiger partial charge < -0.3 is 4.74 Å². The first kappa shape index (κ1) is 9.04. The summed E-state index contributed by atoms with van der Waals surface area (Å²) >= 11 is 0. The molecule has 0 aromatic carbocycles. The van der Waals surface area contributed by atoms with Gasteiger partial charge in [0.25, 0.3) is 0 Å². The Labute approximate surface area is 80.4 Å². The zero-order valence-corrected chi connectivity index (χ0v) is 8.68. The smallest absolute Gasteiger partial charge is 0.180 e. The second-order valence-corrected chi connectivity index (χ2v) is 4.55. The summed E-state index contributed by atoms with van der Waals surface area (Å²) in [6.45, 7) is 4.15. The average Bonchev–Trinajstić information content (AvgIpc) is 2.02. The van der Waals surface area contributed by atoms with Gasteiger partial charge in [0.15, 0.2) is 5.90 Å². The molecule has 0 aromatic heterocycles. The van der Waals surface area contributed by atoms with E-state index < -0.39 is 0 Å². The van der Waals surface area contributed by atoms with E-state index in [1.165, 1.54) is 32.1 Å². The van der Waals surface area contributed by atoms with Gasteiger partial charge in [-0.1, -0.05) is 19.3 Å². The highest BCUT2D eigenvalue weighted by Gasteiger charge is 2.36. The third-order valence-electron chi connectivity index (χ3n) is 3.22. The Hall–Kier alpha value is -0.530. The van der Waals surface area contributed by atoms with Gasteiger partial charge in [0.2, 0.25) is 0 Å². The Morgan fingerprint density at radius 3 is 2.62 bits per heavy atom. The Morgan fingerprint density at radius 2 is 2.00 bits per heavy atom. The average molecular weight is 181 g/mol. The first-order valence-electron chi connectivity index (χ1n) is 5.43. The lowest BCUT2D eigenvalue weighted by Crippen LogP contribution is -2.39. The lowest BCUT2D eigenvalue weighted by molar-refractivity contribution is 0.110. The molecular weight excluding hydrogens is 162 g/mol. The van der Waals surface area contributed by atoms with E-state index in [4.69, 9.17) is 9.73 Å². The van der Waals surface area contributed by atoms with E-state index in [1.54, 1.807) is 0 Å². The molecule has 74 valence electrons. The van der Waals surface area contributed by atoms with Crippen molar-refractivity contribution < 1.29 is 4.74 Å². The quantitative estimate of drug-likeness (QED) is 0.563. The molecule has 0 aromatic rings. The summed E-state index contributed by atoms with van der Waals surface area (Å²) < 4.78 is 5.56. The monoisotopic (exact) mass is 181 g/mol. The standard InChI is InChI=1S/C11H19NO/c1-9-8-11(12-10(2)13-9)6-4-3-5-7-11/h9H,3-8H2,1-2H3. The zero-order valence-electron chi connectivity index (χ0n) is 8.68. The van der Waals surface area contributed by atoms with Crippen LogP contribution in [0.25, 0.3) is 0 Å². The maximum Gasteiger partial charge on any atom is 0.180 e. The van der Waals surface area contributed by atoms with Crippen LogP contribution in [0.4, 0.5) is 0 Å². The fourth-order valence-corrected chi connectivity index (χ4v) is 2.80. The van der Waals surface area contributed by atoms with Gasteiger partial charge in [0.05, 0.1) is 11.6 Å². The van der Waals surface area contributed by atoms with E-state index in [9.17, 15) is 0 Å². The van der Waals surface area contributed by atoms with Gasteiger partial charge in [-0.25, -0.2) is 4.99 Å². The molecule has 2 heteroatoms. The fraction of sp³-hybridized carbons (Fsp3) is 0.909. The Kier molecular flexibility index (Phi) is 2.31. The molecule has 1 aliphatic heterocycles. The first-order chi connectivity index (χ1) is 6.20. The summed E-state index contributed by atoms with van der Waals surface area (Å²) in [7, 11) is 0. The van der Waals surface area contributed by atoms with E-state index in [0.29, 0.717) is 6.10 Å². The minimum absolute atomic E-state index is 0.264. The zero-order chi connectivity index (χ0) is 9.31. The molecule has 0 bridgehead atoms. The molecule has 2 nitrogen and oxygen atoms in total. The molecule has 13 heavy (non-hydrogen) atoms. The lowest BCUT2D eigenvalue weighted by atomic mass is 9.78. The van der Waals surface area contributed by atoms with Crippen LogP contribution in [0.3, 0.4) is 0 Å². The number of nitrogens with zero attached hydrogens (tertiary/aromatic N) is 1. The summed E-state index contributed by atoms with van der Waals surface area (Å²) in [4.78, 5) is 4.72. The maximum atomic E-state index is 5.56. The van der Waals surface area contributed by atoms with E-state index in [-0.39, 0.29) is 5.54 Å². The highest BCUT2D eigenvalue weighted by atomic mass is 16.5. The Balaban J connectivity index is 2.15. The minimum atomic E-state index is 0.264. The van der Waals surface area contributed by atoms with Gasteiger partial charge in [-0.15, -0.1) is 0 Å². The van der Waals surface area contributed by atoms with Gasteiger partial charge in [-0.2, -0.15) is 0 Å². The predicted octanol–water partition coefficient (Wildman–Crippen LogP) is 2.92. The Bertz CT molecular complexity index is 216. The molecule has 0 N–H and O–H groups in total. The summed E-state index contributed by atoms with van der Waals surface area (Å²) in [6, 6.07) is 0. The van der Waals surface area contributed by atoms with Crippen LogP contribution in [0.5, 0.6) is 0 Å². The van der Waals surface area contributed by atoms with E-state index in [2.05, 4.69) is 6.92 Å². The molecule has 1 saturated carbocycles. The number of ether oxygens (including phenoxy) is 1. The van der Waals surface area contributed by atoms with Crippen molar-refractivity contribution in [2.24, 2.45) is 4.99 Å². The summed E-state index contributed by atoms with van der Waals surface area (Å²) in [5.74, 6) is 0.903.